The molecule has 0 rings (SSSR count). The zero-order chi connectivity index (χ0) is 36.6. The lowest BCUT2D eigenvalue weighted by Gasteiger charge is -2.23. The topological polar surface area (TPSA) is 89.8 Å². The van der Waals surface area contributed by atoms with Crippen molar-refractivity contribution in [3.8, 4) is 0 Å². The number of aliphatic hydroxyl groups excluding tert-OH is 3. The van der Waals surface area contributed by atoms with Crippen molar-refractivity contribution in [1.29, 1.82) is 0 Å². The van der Waals surface area contributed by atoms with Gasteiger partial charge in [0.1, 0.15) is 6.10 Å². The lowest BCUT2D eigenvalue weighted by atomic mass is 10.0. The third-order valence-electron chi connectivity index (χ3n) is 11.0. The fraction of sp³-hybridized carbons (Fsp3) is 0.978. The third-order valence-corrected chi connectivity index (χ3v) is 11.0. The Bertz CT molecular complexity index is 659. The van der Waals surface area contributed by atoms with Crippen LogP contribution in [0.25, 0.3) is 0 Å². The molecule has 0 fully saturated rings. The van der Waals surface area contributed by atoms with Gasteiger partial charge in [0, 0.05) is 0 Å². The number of carbonyl (C=O) groups excluding carboxylic acids is 1. The molecule has 0 aromatic rings. The maximum absolute atomic E-state index is 12.5. The maximum atomic E-state index is 12.5. The summed E-state index contributed by atoms with van der Waals surface area (Å²) in [5.74, 6) is -0.465. The zero-order valence-corrected chi connectivity index (χ0v) is 34.1. The highest BCUT2D eigenvalue weighted by Gasteiger charge is 2.23. The predicted molar refractivity (Wildman–Crippen MR) is 218 cm³/mol. The van der Waals surface area contributed by atoms with Crippen molar-refractivity contribution in [2.24, 2.45) is 0 Å². The van der Waals surface area contributed by atoms with Crippen LogP contribution in [-0.2, 0) is 4.79 Å². The highest BCUT2D eigenvalue weighted by atomic mass is 16.3. The summed E-state index contributed by atoms with van der Waals surface area (Å²) >= 11 is 0. The Morgan fingerprint density at radius 1 is 0.400 bits per heavy atom. The fourth-order valence-electron chi connectivity index (χ4n) is 7.37. The molecule has 5 nitrogen and oxygen atoms in total. The molecule has 300 valence electrons. The highest BCUT2D eigenvalue weighted by molar-refractivity contribution is 5.80. The van der Waals surface area contributed by atoms with Gasteiger partial charge in [-0.25, -0.2) is 0 Å². The van der Waals surface area contributed by atoms with E-state index in [1.54, 1.807) is 0 Å². The summed E-state index contributed by atoms with van der Waals surface area (Å²) in [5.41, 5.74) is 0. The number of amides is 1. The molecule has 0 aliphatic heterocycles. The van der Waals surface area contributed by atoms with Crippen LogP contribution in [0, 0.1) is 0 Å². The van der Waals surface area contributed by atoms with E-state index in [0.717, 1.165) is 32.1 Å². The molecule has 3 atom stereocenters. The molecule has 0 spiro atoms. The summed E-state index contributed by atoms with van der Waals surface area (Å²) < 4.78 is 0. The Balaban J connectivity index is 3.56. The highest BCUT2D eigenvalue weighted by Crippen LogP contribution is 2.17. The van der Waals surface area contributed by atoms with Gasteiger partial charge in [0.15, 0.2) is 0 Å². The van der Waals surface area contributed by atoms with Crippen molar-refractivity contribution in [3.63, 3.8) is 0 Å². The van der Waals surface area contributed by atoms with Crippen molar-refractivity contribution >= 4 is 5.91 Å². The Hall–Kier alpha value is -0.650. The van der Waals surface area contributed by atoms with Crippen LogP contribution in [0.2, 0.25) is 0 Å². The van der Waals surface area contributed by atoms with Crippen LogP contribution in [0.4, 0.5) is 0 Å². The van der Waals surface area contributed by atoms with Gasteiger partial charge >= 0.3 is 0 Å². The average molecular weight is 710 g/mol. The van der Waals surface area contributed by atoms with E-state index in [9.17, 15) is 20.1 Å². The second kappa shape index (κ2) is 41.1. The first-order valence-corrected chi connectivity index (χ1v) is 22.8. The number of nitrogens with one attached hydrogen (secondary N) is 1. The monoisotopic (exact) mass is 710 g/mol. The number of rotatable bonds is 42. The van der Waals surface area contributed by atoms with E-state index in [-0.39, 0.29) is 6.61 Å². The molecule has 50 heavy (non-hydrogen) atoms. The van der Waals surface area contributed by atoms with Crippen LogP contribution < -0.4 is 5.32 Å². The SMILES string of the molecule is CCCCCCCCCCCCCCCCCCCCCCCC(O)C(CO)NC(=O)C(O)CCCCCCCCCCCCCCCCC. The molecule has 4 N–H and O–H groups in total. The van der Waals surface area contributed by atoms with Gasteiger partial charge in [0.25, 0.3) is 0 Å². The molecule has 0 aliphatic carbocycles. The lowest BCUT2D eigenvalue weighted by Crippen LogP contribution is -2.49. The molecule has 0 heterocycles. The first-order valence-electron chi connectivity index (χ1n) is 22.8. The molecule has 0 aromatic carbocycles. The summed E-state index contributed by atoms with van der Waals surface area (Å²) in [5, 5.41) is 33.3. The molecule has 0 radical (unpaired) electrons. The number of hydrogen-bond donors (Lipinski definition) is 4. The second-order valence-corrected chi connectivity index (χ2v) is 16.0. The fourth-order valence-corrected chi connectivity index (χ4v) is 7.37. The molecule has 0 aliphatic rings. The van der Waals surface area contributed by atoms with Crippen molar-refractivity contribution in [2.75, 3.05) is 6.61 Å². The summed E-state index contributed by atoms with van der Waals surface area (Å²) in [4.78, 5) is 12.5. The van der Waals surface area contributed by atoms with Crippen LogP contribution in [-0.4, -0.2) is 46.1 Å². The van der Waals surface area contributed by atoms with Gasteiger partial charge < -0.3 is 20.6 Å². The second-order valence-electron chi connectivity index (χ2n) is 16.0. The van der Waals surface area contributed by atoms with Crippen LogP contribution in [0.5, 0.6) is 0 Å². The molecule has 5 heteroatoms. The van der Waals surface area contributed by atoms with E-state index >= 15 is 0 Å². The smallest absolute Gasteiger partial charge is 0.249 e. The largest absolute Gasteiger partial charge is 0.394 e. The Morgan fingerprint density at radius 3 is 0.900 bits per heavy atom. The van der Waals surface area contributed by atoms with Gasteiger partial charge in [0.2, 0.25) is 5.91 Å². The molecular formula is C45H91NO4. The summed E-state index contributed by atoms with van der Waals surface area (Å²) in [6, 6.07) is -0.705. The van der Waals surface area contributed by atoms with Crippen LogP contribution in [0.3, 0.4) is 0 Å². The van der Waals surface area contributed by atoms with Crippen molar-refractivity contribution in [2.45, 2.75) is 276 Å². The first kappa shape index (κ1) is 49.4. The molecule has 3 unspecified atom stereocenters. The van der Waals surface area contributed by atoms with E-state index in [2.05, 4.69) is 19.2 Å². The van der Waals surface area contributed by atoms with Crippen molar-refractivity contribution < 1.29 is 20.1 Å². The van der Waals surface area contributed by atoms with E-state index in [1.807, 2.05) is 0 Å². The number of unbranched alkanes of at least 4 members (excludes halogenated alkanes) is 34. The van der Waals surface area contributed by atoms with Crippen LogP contribution in [0.15, 0.2) is 0 Å². The van der Waals surface area contributed by atoms with Crippen molar-refractivity contribution in [1.82, 2.24) is 5.32 Å². The maximum Gasteiger partial charge on any atom is 0.249 e. The van der Waals surface area contributed by atoms with E-state index in [1.165, 1.54) is 199 Å². The minimum absolute atomic E-state index is 0.308. The molecular weight excluding hydrogens is 618 g/mol. The lowest BCUT2D eigenvalue weighted by molar-refractivity contribution is -0.131. The van der Waals surface area contributed by atoms with Gasteiger partial charge in [0.05, 0.1) is 18.8 Å². The average Bonchev–Trinajstić information content (AvgIpc) is 3.12. The first-order chi connectivity index (χ1) is 24.6. The standard InChI is InChI=1S/C45H91NO4/c1-3-5-7-9-11-13-15-17-19-20-21-22-23-24-26-27-29-31-33-35-37-39-43(48)42(41-47)46-45(50)44(49)40-38-36-34-32-30-28-25-18-16-14-12-10-8-6-4-2/h42-44,47-49H,3-41H2,1-2H3,(H,46,50). The van der Waals surface area contributed by atoms with Gasteiger partial charge in [-0.05, 0) is 12.8 Å². The quantitative estimate of drug-likeness (QED) is 0.0475. The zero-order valence-electron chi connectivity index (χ0n) is 34.1. The number of hydrogen-bond acceptors (Lipinski definition) is 4. The van der Waals surface area contributed by atoms with E-state index in [0.29, 0.717) is 12.8 Å². The minimum Gasteiger partial charge on any atom is -0.394 e. The molecule has 1 amide bonds. The van der Waals surface area contributed by atoms with E-state index in [4.69, 9.17) is 0 Å². The minimum atomic E-state index is -1.07. The van der Waals surface area contributed by atoms with Crippen LogP contribution >= 0.6 is 0 Å². The summed E-state index contributed by atoms with van der Waals surface area (Å²) in [7, 11) is 0. The van der Waals surface area contributed by atoms with E-state index < -0.39 is 24.2 Å². The van der Waals surface area contributed by atoms with Gasteiger partial charge in [-0.15, -0.1) is 0 Å². The van der Waals surface area contributed by atoms with Crippen molar-refractivity contribution in [3.05, 3.63) is 0 Å². The summed E-state index contributed by atoms with van der Waals surface area (Å²) in [6.45, 7) is 4.25. The summed E-state index contributed by atoms with van der Waals surface area (Å²) in [6.07, 6.45) is 46.8. The normalized spacial score (nSPS) is 13.5. The number of carbonyl (C=O) groups is 1. The predicted octanol–water partition coefficient (Wildman–Crippen LogP) is 13.0. The molecule has 0 aromatic heterocycles. The number of aliphatic hydroxyl groups is 3. The molecule has 0 saturated carbocycles. The van der Waals surface area contributed by atoms with Gasteiger partial charge in [-0.3, -0.25) is 4.79 Å². The molecule has 0 saturated heterocycles. The third kappa shape index (κ3) is 35.7. The Labute approximate surface area is 313 Å². The molecule has 0 bridgehead atoms. The Morgan fingerprint density at radius 2 is 0.640 bits per heavy atom. The van der Waals surface area contributed by atoms with Gasteiger partial charge in [-0.1, -0.05) is 245 Å². The van der Waals surface area contributed by atoms with Gasteiger partial charge in [-0.2, -0.15) is 0 Å². The van der Waals surface area contributed by atoms with Crippen LogP contribution in [0.1, 0.15) is 258 Å². The Kier molecular flexibility index (Phi) is 40.6.